The predicted molar refractivity (Wildman–Crippen MR) is 81.6 cm³/mol. The van der Waals surface area contributed by atoms with Gasteiger partial charge in [-0.05, 0) is 30.7 Å². The summed E-state index contributed by atoms with van der Waals surface area (Å²) < 4.78 is 0. The second-order valence-electron chi connectivity index (χ2n) is 5.90. The molecule has 19 heavy (non-hydrogen) atoms. The summed E-state index contributed by atoms with van der Waals surface area (Å²) in [7, 11) is 0. The molecule has 2 aliphatic carbocycles. The molecule has 0 N–H and O–H groups in total. The summed E-state index contributed by atoms with van der Waals surface area (Å²) in [4.78, 5) is 12.2. The second kappa shape index (κ2) is 6.13. The monoisotopic (exact) mass is 274 g/mol. The minimum atomic E-state index is 0.318. The topological polar surface area (TPSA) is 17.1 Å². The van der Waals surface area contributed by atoms with E-state index in [4.69, 9.17) is 0 Å². The van der Waals surface area contributed by atoms with Crippen LogP contribution in [0.2, 0.25) is 0 Å². The molecule has 0 aliphatic heterocycles. The first-order valence-corrected chi connectivity index (χ1v) is 8.59. The van der Waals surface area contributed by atoms with E-state index in [0.29, 0.717) is 17.6 Å². The third-order valence-corrected chi connectivity index (χ3v) is 5.84. The average Bonchev–Trinajstić information content (AvgIpc) is 3.27. The zero-order valence-corrected chi connectivity index (χ0v) is 12.2. The number of carbonyl (C=O) groups is 1. The van der Waals surface area contributed by atoms with Crippen LogP contribution in [0.25, 0.3) is 0 Å². The SMILES string of the molecule is O=C(CSC1CCCCC1)C1CC1c1ccccc1. The molecule has 0 amide bonds. The average molecular weight is 274 g/mol. The van der Waals surface area contributed by atoms with Crippen molar-refractivity contribution in [2.24, 2.45) is 5.92 Å². The Labute approximate surface area is 120 Å². The van der Waals surface area contributed by atoms with Crippen LogP contribution in [0.3, 0.4) is 0 Å². The Morgan fingerprint density at radius 1 is 1.11 bits per heavy atom. The van der Waals surface area contributed by atoms with E-state index in [0.717, 1.165) is 17.4 Å². The van der Waals surface area contributed by atoms with E-state index < -0.39 is 0 Å². The van der Waals surface area contributed by atoms with Crippen molar-refractivity contribution in [3.05, 3.63) is 35.9 Å². The van der Waals surface area contributed by atoms with E-state index in [1.54, 1.807) is 0 Å². The lowest BCUT2D eigenvalue weighted by Crippen LogP contribution is -2.13. The highest BCUT2D eigenvalue weighted by Gasteiger charge is 2.43. The van der Waals surface area contributed by atoms with Gasteiger partial charge < -0.3 is 0 Å². The van der Waals surface area contributed by atoms with E-state index >= 15 is 0 Å². The molecule has 2 unspecified atom stereocenters. The molecule has 0 radical (unpaired) electrons. The highest BCUT2D eigenvalue weighted by molar-refractivity contribution is 8.00. The maximum Gasteiger partial charge on any atom is 0.146 e. The third-order valence-electron chi connectivity index (χ3n) is 4.45. The number of carbonyl (C=O) groups excluding carboxylic acids is 1. The molecule has 2 fully saturated rings. The van der Waals surface area contributed by atoms with E-state index in [1.165, 1.54) is 37.7 Å². The normalized spacial score (nSPS) is 27.2. The fourth-order valence-corrected chi connectivity index (χ4v) is 4.44. The lowest BCUT2D eigenvalue weighted by atomic mass is 10.0. The van der Waals surface area contributed by atoms with Crippen molar-refractivity contribution in [2.45, 2.75) is 49.7 Å². The molecular weight excluding hydrogens is 252 g/mol. The number of rotatable bonds is 5. The van der Waals surface area contributed by atoms with Gasteiger partial charge in [0.25, 0.3) is 0 Å². The molecule has 2 heteroatoms. The van der Waals surface area contributed by atoms with E-state index in [2.05, 4.69) is 24.3 Å². The van der Waals surface area contributed by atoms with Crippen molar-refractivity contribution in [3.8, 4) is 0 Å². The van der Waals surface area contributed by atoms with Gasteiger partial charge in [0.1, 0.15) is 5.78 Å². The van der Waals surface area contributed by atoms with Gasteiger partial charge in [-0.15, -0.1) is 0 Å². The molecule has 1 nitrogen and oxygen atoms in total. The first-order chi connectivity index (χ1) is 9.34. The number of benzene rings is 1. The van der Waals surface area contributed by atoms with Gasteiger partial charge in [-0.25, -0.2) is 0 Å². The Bertz CT molecular complexity index is 422. The van der Waals surface area contributed by atoms with Crippen molar-refractivity contribution >= 4 is 17.5 Å². The maximum absolute atomic E-state index is 12.2. The lowest BCUT2D eigenvalue weighted by Gasteiger charge is -2.20. The van der Waals surface area contributed by atoms with Crippen molar-refractivity contribution < 1.29 is 4.79 Å². The van der Waals surface area contributed by atoms with E-state index in [-0.39, 0.29) is 0 Å². The summed E-state index contributed by atoms with van der Waals surface area (Å²) in [6.07, 6.45) is 7.84. The fourth-order valence-electron chi connectivity index (χ4n) is 3.16. The number of Topliss-reactive ketones (excluding diaryl/α,β-unsaturated/α-hetero) is 1. The van der Waals surface area contributed by atoms with Crippen LogP contribution in [-0.4, -0.2) is 16.8 Å². The summed E-state index contributed by atoms with van der Waals surface area (Å²) in [5.74, 6) is 2.07. The Balaban J connectivity index is 1.45. The van der Waals surface area contributed by atoms with Gasteiger partial charge in [0.2, 0.25) is 0 Å². The summed E-state index contributed by atoms with van der Waals surface area (Å²) in [6, 6.07) is 10.5. The summed E-state index contributed by atoms with van der Waals surface area (Å²) in [5.41, 5.74) is 1.35. The highest BCUT2D eigenvalue weighted by atomic mass is 32.2. The molecule has 2 saturated carbocycles. The summed E-state index contributed by atoms with van der Waals surface area (Å²) in [5, 5.41) is 0.756. The Hall–Kier alpha value is -0.760. The second-order valence-corrected chi connectivity index (χ2v) is 7.19. The molecule has 3 rings (SSSR count). The zero-order chi connectivity index (χ0) is 13.1. The van der Waals surface area contributed by atoms with Gasteiger partial charge >= 0.3 is 0 Å². The lowest BCUT2D eigenvalue weighted by molar-refractivity contribution is -0.117. The minimum absolute atomic E-state index is 0.318. The van der Waals surface area contributed by atoms with Gasteiger partial charge in [0, 0.05) is 11.2 Å². The van der Waals surface area contributed by atoms with Gasteiger partial charge in [0.05, 0.1) is 5.75 Å². The van der Waals surface area contributed by atoms with Crippen LogP contribution >= 0.6 is 11.8 Å². The Morgan fingerprint density at radius 3 is 2.58 bits per heavy atom. The van der Waals surface area contributed by atoms with Crippen LogP contribution in [0.4, 0.5) is 0 Å². The Kier molecular flexibility index (Phi) is 4.27. The number of hydrogen-bond donors (Lipinski definition) is 0. The smallest absolute Gasteiger partial charge is 0.146 e. The molecule has 102 valence electrons. The molecule has 2 atom stereocenters. The Morgan fingerprint density at radius 2 is 1.84 bits per heavy atom. The number of ketones is 1. The maximum atomic E-state index is 12.2. The van der Waals surface area contributed by atoms with Crippen LogP contribution in [0.15, 0.2) is 30.3 Å². The summed E-state index contributed by atoms with van der Waals surface area (Å²) >= 11 is 1.92. The quantitative estimate of drug-likeness (QED) is 0.790. The first-order valence-electron chi connectivity index (χ1n) is 7.54. The largest absolute Gasteiger partial charge is 0.298 e. The van der Waals surface area contributed by atoms with Crippen LogP contribution in [0.1, 0.15) is 50.0 Å². The predicted octanol–water partition coefficient (Wildman–Crippen LogP) is 4.43. The molecule has 1 aromatic rings. The summed E-state index contributed by atoms with van der Waals surface area (Å²) in [6.45, 7) is 0. The molecule has 0 bridgehead atoms. The third kappa shape index (κ3) is 3.42. The molecule has 0 heterocycles. The fraction of sp³-hybridized carbons (Fsp3) is 0.588. The van der Waals surface area contributed by atoms with E-state index in [9.17, 15) is 4.79 Å². The standard InChI is InChI=1S/C17H22OS/c18-17(12-19-14-9-5-2-6-10-14)16-11-15(16)13-7-3-1-4-8-13/h1,3-4,7-8,14-16H,2,5-6,9-12H2. The minimum Gasteiger partial charge on any atom is -0.298 e. The van der Waals surface area contributed by atoms with E-state index in [1.807, 2.05) is 17.8 Å². The van der Waals surface area contributed by atoms with Gasteiger partial charge in [-0.2, -0.15) is 11.8 Å². The molecular formula is C17H22OS. The van der Waals surface area contributed by atoms with Crippen LogP contribution in [0.5, 0.6) is 0 Å². The molecule has 0 saturated heterocycles. The zero-order valence-electron chi connectivity index (χ0n) is 11.4. The van der Waals surface area contributed by atoms with Crippen molar-refractivity contribution in [1.29, 1.82) is 0 Å². The van der Waals surface area contributed by atoms with Gasteiger partial charge in [-0.3, -0.25) is 4.79 Å². The van der Waals surface area contributed by atoms with Crippen LogP contribution in [0, 0.1) is 5.92 Å². The van der Waals surface area contributed by atoms with Crippen molar-refractivity contribution in [2.75, 3.05) is 5.75 Å². The number of thioether (sulfide) groups is 1. The first kappa shape index (κ1) is 13.2. The van der Waals surface area contributed by atoms with Crippen LogP contribution in [-0.2, 0) is 4.79 Å². The molecule has 0 spiro atoms. The molecule has 0 aromatic heterocycles. The number of hydrogen-bond acceptors (Lipinski definition) is 2. The molecule has 1 aromatic carbocycles. The van der Waals surface area contributed by atoms with Gasteiger partial charge in [-0.1, -0.05) is 49.6 Å². The highest BCUT2D eigenvalue weighted by Crippen LogP contribution is 2.48. The molecule has 2 aliphatic rings. The van der Waals surface area contributed by atoms with Crippen LogP contribution < -0.4 is 0 Å². The van der Waals surface area contributed by atoms with Gasteiger partial charge in [0.15, 0.2) is 0 Å². The van der Waals surface area contributed by atoms with Crippen molar-refractivity contribution in [3.63, 3.8) is 0 Å². The van der Waals surface area contributed by atoms with Crippen molar-refractivity contribution in [1.82, 2.24) is 0 Å².